The Morgan fingerprint density at radius 3 is 1.26 bits per heavy atom. The molecule has 0 aromatic carbocycles. The number of primary amides is 2. The van der Waals surface area contributed by atoms with Crippen LogP contribution >= 0.6 is 0 Å². The van der Waals surface area contributed by atoms with Gasteiger partial charge in [-0.25, -0.2) is 0 Å². The number of nitrogens with two attached hydrogens (primary N) is 2. The number of hydrogen-bond acceptors (Lipinski definition) is 17. The van der Waals surface area contributed by atoms with Crippen LogP contribution in [0, 0.1) is 5.92 Å². The van der Waals surface area contributed by atoms with E-state index in [9.17, 15) is 38.4 Å². The summed E-state index contributed by atoms with van der Waals surface area (Å²) in [6.07, 6.45) is 7.25. The summed E-state index contributed by atoms with van der Waals surface area (Å²) in [5.41, 5.74) is 10.8. The first kappa shape index (κ1) is 65.0. The number of Topliss-reactive ketones (excluding diaryl/α,β-unsaturated/α-hetero) is 3. The van der Waals surface area contributed by atoms with Gasteiger partial charge in [-0.2, -0.15) is 0 Å². The number of ether oxygens (including phenoxy) is 8. The van der Waals surface area contributed by atoms with Crippen molar-refractivity contribution in [3.8, 4) is 0 Å². The van der Waals surface area contributed by atoms with E-state index in [-0.39, 0.29) is 80.0 Å². The highest BCUT2D eigenvalue weighted by Crippen LogP contribution is 2.15. The Kier molecular flexibility index (Phi) is 44.9. The van der Waals surface area contributed by atoms with Crippen LogP contribution in [0.2, 0.25) is 0 Å². The highest BCUT2D eigenvalue weighted by Gasteiger charge is 2.16. The monoisotopic (exact) mass is 991 g/mol. The molecule has 0 unspecified atom stereocenters. The minimum atomic E-state index is -0.565. The first-order chi connectivity index (χ1) is 33.3. The summed E-state index contributed by atoms with van der Waals surface area (Å²) in [4.78, 5) is 93.3. The van der Waals surface area contributed by atoms with Crippen molar-refractivity contribution in [2.75, 3.05) is 132 Å². The van der Waals surface area contributed by atoms with Gasteiger partial charge < -0.3 is 70.1 Å². The lowest BCUT2D eigenvalue weighted by Crippen LogP contribution is -2.43. The summed E-state index contributed by atoms with van der Waals surface area (Å²) >= 11 is 0. The fourth-order valence-electron chi connectivity index (χ4n) is 6.19. The third-order valence-corrected chi connectivity index (χ3v) is 10.1. The molecule has 0 saturated heterocycles. The van der Waals surface area contributed by atoms with Crippen LogP contribution in [0.25, 0.3) is 0 Å². The van der Waals surface area contributed by atoms with Gasteiger partial charge in [0.25, 0.3) is 0 Å². The molecule has 5 amide bonds. The molecule has 8 N–H and O–H groups in total. The number of unbranched alkanes of at least 4 members (excludes halogenated alkanes) is 2. The second-order valence-corrected chi connectivity index (χ2v) is 16.3. The zero-order chi connectivity index (χ0) is 51.0. The van der Waals surface area contributed by atoms with Crippen molar-refractivity contribution in [3.05, 3.63) is 0 Å². The Labute approximate surface area is 409 Å². The van der Waals surface area contributed by atoms with E-state index in [1.807, 2.05) is 0 Å². The Morgan fingerprint density at radius 2 is 0.797 bits per heavy atom. The van der Waals surface area contributed by atoms with E-state index in [1.54, 1.807) is 0 Å². The Bertz CT molecular complexity index is 1290. The third-order valence-electron chi connectivity index (χ3n) is 10.1. The van der Waals surface area contributed by atoms with Crippen LogP contribution < -0.4 is 32.7 Å². The molecule has 0 spiro atoms. The van der Waals surface area contributed by atoms with Gasteiger partial charge in [0.1, 0.15) is 17.3 Å². The van der Waals surface area contributed by atoms with Crippen LogP contribution in [0.5, 0.6) is 0 Å². The Morgan fingerprint density at radius 1 is 0.377 bits per heavy atom. The van der Waals surface area contributed by atoms with E-state index in [4.69, 9.17) is 49.4 Å². The average Bonchev–Trinajstić information content (AvgIpc) is 3.30. The molecule has 0 aliphatic heterocycles. The van der Waals surface area contributed by atoms with Gasteiger partial charge >= 0.3 is 0 Å². The highest BCUT2D eigenvalue weighted by atomic mass is 16.6. The van der Waals surface area contributed by atoms with Gasteiger partial charge in [0.15, 0.2) is 0 Å². The summed E-state index contributed by atoms with van der Waals surface area (Å²) in [6, 6.07) is -0.565. The molecule has 0 aliphatic carbocycles. The molecule has 0 radical (unpaired) electrons. The number of carbonyl (C=O) groups is 8. The number of carbonyl (C=O) groups excluding carboxylic acids is 8. The van der Waals surface area contributed by atoms with Crippen LogP contribution in [-0.4, -0.2) is 185 Å². The average molecular weight is 991 g/mol. The fraction of sp³-hybridized carbons (Fsp3) is 0.830. The maximum absolute atomic E-state index is 12.2. The zero-order valence-electron chi connectivity index (χ0n) is 41.6. The van der Waals surface area contributed by atoms with Crippen LogP contribution in [0.15, 0.2) is 0 Å². The number of hydrogen-bond donors (Lipinski definition) is 6. The van der Waals surface area contributed by atoms with Gasteiger partial charge in [0, 0.05) is 70.7 Å². The summed E-state index contributed by atoms with van der Waals surface area (Å²) < 4.78 is 43.7. The maximum atomic E-state index is 12.2. The van der Waals surface area contributed by atoms with Crippen molar-refractivity contribution in [2.24, 2.45) is 17.4 Å². The predicted molar refractivity (Wildman–Crippen MR) is 255 cm³/mol. The number of ketones is 3. The number of amides is 5. The lowest BCUT2D eigenvalue weighted by atomic mass is 9.95. The molecule has 0 saturated carbocycles. The Hall–Kier alpha value is -4.00. The van der Waals surface area contributed by atoms with Crippen molar-refractivity contribution in [3.63, 3.8) is 0 Å². The third kappa shape index (κ3) is 47.5. The molecule has 0 fully saturated rings. The highest BCUT2D eigenvalue weighted by molar-refractivity contribution is 5.82. The number of nitrogens with one attached hydrogen (secondary N) is 4. The molecular weight excluding hydrogens is 905 g/mol. The molecule has 0 heterocycles. The molecule has 69 heavy (non-hydrogen) atoms. The van der Waals surface area contributed by atoms with E-state index in [2.05, 4.69) is 21.3 Å². The molecule has 0 bridgehead atoms. The van der Waals surface area contributed by atoms with Gasteiger partial charge in [-0.1, -0.05) is 6.42 Å². The smallest absolute Gasteiger partial charge is 0.234 e. The van der Waals surface area contributed by atoms with Gasteiger partial charge in [0.05, 0.1) is 112 Å². The SMILES string of the molecule is CC(=O)CC[C@@H](CCCCNC(=O)CCOCCOCCOCCOCCCC(=O)CCCC(=O)NCCOCCOCCOCCOCCC(=O)NCCCC[C@H](NCC(C)=O)C(N)=O)C(N)=O. The normalized spacial score (nSPS) is 12.0. The standard InChI is InChI=1S/C47H86N6O16/c1-38(54)14-15-40(46(48)60)9-3-5-18-50-44(58)16-22-63-26-30-67-34-33-66-29-25-62-21-8-11-41(56)10-7-13-43(57)52-20-24-65-28-32-69-36-35-68-31-27-64-23-17-45(59)51-19-6-4-12-42(47(49)61)53-37-39(2)55/h40,42,53H,3-37H2,1-2H3,(H2,48,60)(H2,49,61)(H,50,58)(H,51,59)(H,52,57)/t40-,42+/m1/s1. The molecular formula is C47H86N6O16. The summed E-state index contributed by atoms with van der Waals surface area (Å²) in [7, 11) is 0. The molecule has 0 aromatic rings. The topological polar surface area (TPSA) is 311 Å². The van der Waals surface area contributed by atoms with Crippen LogP contribution in [-0.2, 0) is 76.3 Å². The van der Waals surface area contributed by atoms with Crippen molar-refractivity contribution in [1.29, 1.82) is 0 Å². The van der Waals surface area contributed by atoms with Crippen molar-refractivity contribution < 1.29 is 76.3 Å². The van der Waals surface area contributed by atoms with E-state index >= 15 is 0 Å². The zero-order valence-corrected chi connectivity index (χ0v) is 41.6. The molecule has 0 aliphatic rings. The summed E-state index contributed by atoms with van der Waals surface area (Å²) in [5, 5.41) is 11.3. The molecule has 2 atom stereocenters. The van der Waals surface area contributed by atoms with Crippen LogP contribution in [0.1, 0.15) is 110 Å². The summed E-state index contributed by atoms with van der Waals surface area (Å²) in [5.74, 6) is -1.52. The quantitative estimate of drug-likeness (QED) is 0.0455. The fourth-order valence-corrected chi connectivity index (χ4v) is 6.19. The van der Waals surface area contributed by atoms with Gasteiger partial charge in [-0.15, -0.1) is 0 Å². The molecule has 22 heteroatoms. The Balaban J connectivity index is 3.43. The first-order valence-corrected chi connectivity index (χ1v) is 24.6. The van der Waals surface area contributed by atoms with Crippen LogP contribution in [0.4, 0.5) is 0 Å². The summed E-state index contributed by atoms with van der Waals surface area (Å²) in [6.45, 7) is 10.3. The number of rotatable bonds is 53. The minimum Gasteiger partial charge on any atom is -0.379 e. The van der Waals surface area contributed by atoms with E-state index < -0.39 is 17.9 Å². The first-order valence-electron chi connectivity index (χ1n) is 24.6. The van der Waals surface area contributed by atoms with E-state index in [1.165, 1.54) is 13.8 Å². The van der Waals surface area contributed by atoms with Gasteiger partial charge in [-0.05, 0) is 65.2 Å². The minimum absolute atomic E-state index is 0.0369. The lowest BCUT2D eigenvalue weighted by Gasteiger charge is -2.14. The van der Waals surface area contributed by atoms with Crippen molar-refractivity contribution in [1.82, 2.24) is 21.3 Å². The maximum Gasteiger partial charge on any atom is 0.234 e. The largest absolute Gasteiger partial charge is 0.379 e. The molecule has 22 nitrogen and oxygen atoms in total. The van der Waals surface area contributed by atoms with Gasteiger partial charge in [0.2, 0.25) is 29.5 Å². The van der Waals surface area contributed by atoms with Crippen molar-refractivity contribution >= 4 is 46.9 Å². The molecule has 0 aromatic heterocycles. The second-order valence-electron chi connectivity index (χ2n) is 16.3. The molecule has 0 rings (SSSR count). The second kappa shape index (κ2) is 47.7. The van der Waals surface area contributed by atoms with Crippen molar-refractivity contribution in [2.45, 2.75) is 116 Å². The molecule has 400 valence electrons. The predicted octanol–water partition coefficient (Wildman–Crippen LogP) is 0.611. The lowest BCUT2D eigenvalue weighted by molar-refractivity contribution is -0.124. The van der Waals surface area contributed by atoms with Gasteiger partial charge in [-0.3, -0.25) is 38.9 Å². The van der Waals surface area contributed by atoms with Crippen LogP contribution in [0.3, 0.4) is 0 Å². The van der Waals surface area contributed by atoms with E-state index in [0.29, 0.717) is 176 Å². The van der Waals surface area contributed by atoms with E-state index in [0.717, 1.165) is 12.8 Å².